The number of nitrogens with zero attached hydrogens (tertiary/aromatic N) is 3. The molecule has 10 heteroatoms. The molecule has 9 nitrogen and oxygen atoms in total. The summed E-state index contributed by atoms with van der Waals surface area (Å²) in [4.78, 5) is 29.5. The maximum Gasteiger partial charge on any atom is 0.292 e. The molecule has 2 N–H and O–H groups in total. The largest absolute Gasteiger partial charge is 0.379 e. The number of hydrogen-bond donors (Lipinski definition) is 2. The fourth-order valence-electron chi connectivity index (χ4n) is 3.35. The first-order valence-corrected chi connectivity index (χ1v) is 10.4. The average Bonchev–Trinajstić information content (AvgIpc) is 3.07. The van der Waals surface area contributed by atoms with Crippen LogP contribution in [0.25, 0.3) is 0 Å². The van der Waals surface area contributed by atoms with E-state index in [9.17, 15) is 14.9 Å². The van der Waals surface area contributed by atoms with Crippen molar-refractivity contribution in [2.24, 2.45) is 0 Å². The van der Waals surface area contributed by atoms with Gasteiger partial charge in [0.15, 0.2) is 5.13 Å². The van der Waals surface area contributed by atoms with Crippen LogP contribution in [0.3, 0.4) is 0 Å². The highest BCUT2D eigenvalue weighted by Gasteiger charge is 2.22. The standard InChI is InChI=1S/C19H25N5O4S/c1-13-9-23(10-14(2)28-13)11-15-12-29-19(21-15)22-18(25)7-8-20-16-5-3-4-6-17(16)24(26)27/h3-6,12-14,20H,7-11H2,1-2H3,(H,21,22,25). The Bertz CT molecular complexity index is 849. The van der Waals surface area contributed by atoms with Crippen LogP contribution in [-0.2, 0) is 16.1 Å². The predicted octanol–water partition coefficient (Wildman–Crippen LogP) is 3.10. The van der Waals surface area contributed by atoms with Gasteiger partial charge in [-0.15, -0.1) is 11.3 Å². The number of hydrogen-bond acceptors (Lipinski definition) is 8. The van der Waals surface area contributed by atoms with E-state index in [4.69, 9.17) is 4.74 Å². The number of para-hydroxylation sites is 2. The van der Waals surface area contributed by atoms with E-state index in [2.05, 4.69) is 34.4 Å². The summed E-state index contributed by atoms with van der Waals surface area (Å²) in [5, 5.41) is 19.3. The number of nitro groups is 1. The molecule has 2 atom stereocenters. The van der Waals surface area contributed by atoms with Crippen LogP contribution in [-0.4, -0.2) is 52.6 Å². The van der Waals surface area contributed by atoms with Crippen molar-refractivity contribution >= 4 is 33.8 Å². The minimum absolute atomic E-state index is 0.00998. The number of anilines is 2. The van der Waals surface area contributed by atoms with Gasteiger partial charge < -0.3 is 15.4 Å². The smallest absolute Gasteiger partial charge is 0.292 e. The van der Waals surface area contributed by atoms with Crippen LogP contribution in [0.4, 0.5) is 16.5 Å². The van der Waals surface area contributed by atoms with E-state index in [-0.39, 0.29) is 30.2 Å². The molecule has 1 saturated heterocycles. The summed E-state index contributed by atoms with van der Waals surface area (Å²) >= 11 is 1.39. The molecule has 2 heterocycles. The summed E-state index contributed by atoms with van der Waals surface area (Å²) < 4.78 is 5.74. The number of nitro benzene ring substituents is 1. The lowest BCUT2D eigenvalue weighted by atomic mass is 10.2. The second kappa shape index (κ2) is 9.77. The lowest BCUT2D eigenvalue weighted by molar-refractivity contribution is -0.384. The second-order valence-corrected chi connectivity index (χ2v) is 7.95. The third-order valence-corrected chi connectivity index (χ3v) is 5.25. The van der Waals surface area contributed by atoms with Gasteiger partial charge in [0.1, 0.15) is 5.69 Å². The Balaban J connectivity index is 1.45. The summed E-state index contributed by atoms with van der Waals surface area (Å²) in [6.07, 6.45) is 0.577. The van der Waals surface area contributed by atoms with Gasteiger partial charge in [-0.25, -0.2) is 4.98 Å². The topological polar surface area (TPSA) is 110 Å². The van der Waals surface area contributed by atoms with Crippen LogP contribution in [0.2, 0.25) is 0 Å². The van der Waals surface area contributed by atoms with E-state index < -0.39 is 4.92 Å². The molecule has 2 unspecified atom stereocenters. The molecular formula is C19H25N5O4S. The normalized spacial score (nSPS) is 19.7. The molecule has 1 fully saturated rings. The number of morpholine rings is 1. The lowest BCUT2D eigenvalue weighted by Gasteiger charge is -2.34. The highest BCUT2D eigenvalue weighted by molar-refractivity contribution is 7.13. The third-order valence-electron chi connectivity index (χ3n) is 4.45. The van der Waals surface area contributed by atoms with Crippen LogP contribution >= 0.6 is 11.3 Å². The number of carbonyl (C=O) groups excluding carboxylic acids is 1. The van der Waals surface area contributed by atoms with E-state index in [1.54, 1.807) is 18.2 Å². The average molecular weight is 420 g/mol. The fourth-order valence-corrected chi connectivity index (χ4v) is 4.07. The van der Waals surface area contributed by atoms with Crippen molar-refractivity contribution in [3.8, 4) is 0 Å². The fraction of sp³-hybridized carbons (Fsp3) is 0.474. The minimum atomic E-state index is -0.449. The van der Waals surface area contributed by atoms with Crippen molar-refractivity contribution in [3.63, 3.8) is 0 Å². The van der Waals surface area contributed by atoms with Gasteiger partial charge in [-0.05, 0) is 19.9 Å². The minimum Gasteiger partial charge on any atom is -0.379 e. The highest BCUT2D eigenvalue weighted by Crippen LogP contribution is 2.23. The number of carbonyl (C=O) groups is 1. The first kappa shape index (κ1) is 21.2. The monoisotopic (exact) mass is 419 g/mol. The molecule has 3 rings (SSSR count). The Kier molecular flexibility index (Phi) is 7.13. The number of nitrogens with one attached hydrogen (secondary N) is 2. The molecule has 0 spiro atoms. The number of ether oxygens (including phenoxy) is 1. The van der Waals surface area contributed by atoms with Gasteiger partial charge in [0.25, 0.3) is 5.69 Å². The van der Waals surface area contributed by atoms with Gasteiger partial charge in [0, 0.05) is 44.0 Å². The summed E-state index contributed by atoms with van der Waals surface area (Å²) in [6, 6.07) is 6.36. The van der Waals surface area contributed by atoms with E-state index in [0.717, 1.165) is 25.3 Å². The van der Waals surface area contributed by atoms with Gasteiger partial charge in [0.05, 0.1) is 22.8 Å². The van der Waals surface area contributed by atoms with Gasteiger partial charge in [-0.3, -0.25) is 19.8 Å². The van der Waals surface area contributed by atoms with Crippen LogP contribution in [0.1, 0.15) is 26.0 Å². The maximum absolute atomic E-state index is 12.2. The van der Waals surface area contributed by atoms with Gasteiger partial charge in [-0.2, -0.15) is 0 Å². The molecule has 0 bridgehead atoms. The molecule has 29 heavy (non-hydrogen) atoms. The molecule has 0 aliphatic carbocycles. The number of aromatic nitrogens is 1. The summed E-state index contributed by atoms with van der Waals surface area (Å²) in [5.74, 6) is -0.189. The van der Waals surface area contributed by atoms with Crippen molar-refractivity contribution in [1.82, 2.24) is 9.88 Å². The van der Waals surface area contributed by atoms with Gasteiger partial charge in [-0.1, -0.05) is 12.1 Å². The third kappa shape index (κ3) is 6.21. The number of rotatable bonds is 8. The predicted molar refractivity (Wildman–Crippen MR) is 112 cm³/mol. The molecule has 0 radical (unpaired) electrons. The van der Waals surface area contributed by atoms with Crippen molar-refractivity contribution in [2.45, 2.75) is 39.0 Å². The van der Waals surface area contributed by atoms with Crippen molar-refractivity contribution in [1.29, 1.82) is 0 Å². The Morgan fingerprint density at radius 3 is 2.79 bits per heavy atom. The number of thiazole rings is 1. The molecular weight excluding hydrogens is 394 g/mol. The van der Waals surface area contributed by atoms with E-state index in [0.29, 0.717) is 17.4 Å². The molecule has 1 amide bonds. The SMILES string of the molecule is CC1CN(Cc2csc(NC(=O)CCNc3ccccc3[N+](=O)[O-])n2)CC(C)O1. The zero-order valence-corrected chi connectivity index (χ0v) is 17.3. The lowest BCUT2D eigenvalue weighted by Crippen LogP contribution is -2.44. The van der Waals surface area contributed by atoms with Crippen LogP contribution in [0, 0.1) is 10.1 Å². The van der Waals surface area contributed by atoms with E-state index >= 15 is 0 Å². The van der Waals surface area contributed by atoms with Crippen LogP contribution in [0.15, 0.2) is 29.6 Å². The van der Waals surface area contributed by atoms with Crippen LogP contribution in [0.5, 0.6) is 0 Å². The Hall–Kier alpha value is -2.56. The molecule has 1 aromatic carbocycles. The van der Waals surface area contributed by atoms with Crippen LogP contribution < -0.4 is 10.6 Å². The Morgan fingerprint density at radius 2 is 2.07 bits per heavy atom. The zero-order valence-electron chi connectivity index (χ0n) is 16.5. The molecule has 156 valence electrons. The zero-order chi connectivity index (χ0) is 20.8. The summed E-state index contributed by atoms with van der Waals surface area (Å²) in [5.41, 5.74) is 1.31. The molecule has 2 aromatic rings. The number of benzene rings is 1. The van der Waals surface area contributed by atoms with Gasteiger partial charge in [0.2, 0.25) is 5.91 Å². The van der Waals surface area contributed by atoms with Crippen molar-refractivity contribution in [2.75, 3.05) is 30.3 Å². The van der Waals surface area contributed by atoms with Crippen molar-refractivity contribution < 1.29 is 14.5 Å². The molecule has 1 aliphatic heterocycles. The first-order chi connectivity index (χ1) is 13.9. The Labute approximate surface area is 173 Å². The maximum atomic E-state index is 12.2. The molecule has 1 aromatic heterocycles. The van der Waals surface area contributed by atoms with E-state index in [1.165, 1.54) is 17.4 Å². The highest BCUT2D eigenvalue weighted by atomic mass is 32.1. The quantitative estimate of drug-likeness (QED) is 0.500. The van der Waals surface area contributed by atoms with E-state index in [1.807, 2.05) is 5.38 Å². The number of amides is 1. The Morgan fingerprint density at radius 1 is 1.34 bits per heavy atom. The summed E-state index contributed by atoms with van der Waals surface area (Å²) in [6.45, 7) is 6.87. The summed E-state index contributed by atoms with van der Waals surface area (Å²) in [7, 11) is 0. The second-order valence-electron chi connectivity index (χ2n) is 7.09. The van der Waals surface area contributed by atoms with Crippen molar-refractivity contribution in [3.05, 3.63) is 45.5 Å². The van der Waals surface area contributed by atoms with Gasteiger partial charge >= 0.3 is 0 Å². The molecule has 0 saturated carbocycles. The first-order valence-electron chi connectivity index (χ1n) is 9.50. The molecule has 1 aliphatic rings.